The fourth-order valence-corrected chi connectivity index (χ4v) is 2.59. The lowest BCUT2D eigenvalue weighted by Crippen LogP contribution is -2.51. The van der Waals surface area contributed by atoms with Crippen molar-refractivity contribution in [3.63, 3.8) is 0 Å². The first-order chi connectivity index (χ1) is 11.4. The number of hydrogen-bond donors (Lipinski definition) is 3. The molecule has 1 atom stereocenters. The molecule has 0 bridgehead atoms. The van der Waals surface area contributed by atoms with Gasteiger partial charge in [-0.05, 0) is 50.7 Å². The molecule has 5 nitrogen and oxygen atoms in total. The third-order valence-corrected chi connectivity index (χ3v) is 3.85. The Morgan fingerprint density at radius 1 is 0.920 bits per heavy atom. The van der Waals surface area contributed by atoms with E-state index >= 15 is 0 Å². The molecule has 0 aliphatic heterocycles. The van der Waals surface area contributed by atoms with Crippen molar-refractivity contribution in [2.24, 2.45) is 0 Å². The predicted octanol–water partition coefficient (Wildman–Crippen LogP) is 4.36. The van der Waals surface area contributed by atoms with Crippen molar-refractivity contribution in [1.82, 2.24) is 10.6 Å². The maximum Gasteiger partial charge on any atom is 0.319 e. The van der Waals surface area contributed by atoms with Crippen molar-refractivity contribution in [3.8, 4) is 0 Å². The number of para-hydroxylation sites is 1. The summed E-state index contributed by atoms with van der Waals surface area (Å²) in [5.74, 6) is 0.370. The molecule has 0 saturated heterocycles. The summed E-state index contributed by atoms with van der Waals surface area (Å²) in [7, 11) is 0. The average molecular weight is 348 g/mol. The van der Waals surface area contributed by atoms with E-state index in [2.05, 4.69) is 43.6 Å². The van der Waals surface area contributed by atoms with Crippen LogP contribution in [0.1, 0.15) is 78.4 Å². The summed E-state index contributed by atoms with van der Waals surface area (Å²) >= 11 is 0. The normalized spacial score (nSPS) is 12.9. The fraction of sp³-hybridized carbons (Fsp3) is 0.600. The molecule has 140 valence electrons. The van der Waals surface area contributed by atoms with E-state index in [1.165, 1.54) is 0 Å². The van der Waals surface area contributed by atoms with Gasteiger partial charge in [0.25, 0.3) is 0 Å². The summed E-state index contributed by atoms with van der Waals surface area (Å²) in [5, 5.41) is 8.55. The molecular formula is C20H33N3O2. The lowest BCUT2D eigenvalue weighted by atomic mass is 9.93. The van der Waals surface area contributed by atoms with Gasteiger partial charge in [0.1, 0.15) is 6.04 Å². The molecule has 0 aliphatic rings. The van der Waals surface area contributed by atoms with Gasteiger partial charge in [0.05, 0.1) is 0 Å². The zero-order valence-corrected chi connectivity index (χ0v) is 16.8. The van der Waals surface area contributed by atoms with Gasteiger partial charge in [-0.1, -0.05) is 45.9 Å². The number of urea groups is 1. The molecule has 25 heavy (non-hydrogen) atoms. The zero-order valence-electron chi connectivity index (χ0n) is 16.8. The van der Waals surface area contributed by atoms with Gasteiger partial charge < -0.3 is 16.0 Å². The van der Waals surface area contributed by atoms with E-state index in [9.17, 15) is 9.59 Å². The van der Waals surface area contributed by atoms with Crippen LogP contribution in [-0.2, 0) is 4.79 Å². The number of anilines is 1. The first kappa shape index (κ1) is 21.0. The molecular weight excluding hydrogens is 314 g/mol. The summed E-state index contributed by atoms with van der Waals surface area (Å²) in [6, 6.07) is 5.09. The maximum atomic E-state index is 12.4. The number of carbonyl (C=O) groups is 2. The van der Waals surface area contributed by atoms with E-state index in [1.807, 2.05) is 39.0 Å². The predicted molar refractivity (Wildman–Crippen MR) is 104 cm³/mol. The van der Waals surface area contributed by atoms with Crippen LogP contribution in [0.15, 0.2) is 18.2 Å². The summed E-state index contributed by atoms with van der Waals surface area (Å²) in [5.41, 5.74) is 2.69. The molecule has 0 heterocycles. The highest BCUT2D eigenvalue weighted by Gasteiger charge is 2.22. The van der Waals surface area contributed by atoms with Crippen molar-refractivity contribution in [3.05, 3.63) is 29.3 Å². The molecule has 0 aromatic heterocycles. The highest BCUT2D eigenvalue weighted by Crippen LogP contribution is 2.32. The van der Waals surface area contributed by atoms with E-state index in [1.54, 1.807) is 6.92 Å². The van der Waals surface area contributed by atoms with Crippen molar-refractivity contribution in [2.75, 3.05) is 5.32 Å². The quantitative estimate of drug-likeness (QED) is 0.741. The van der Waals surface area contributed by atoms with Crippen LogP contribution in [0.25, 0.3) is 0 Å². The molecule has 0 radical (unpaired) electrons. The van der Waals surface area contributed by atoms with E-state index < -0.39 is 6.04 Å². The van der Waals surface area contributed by atoms with Gasteiger partial charge in [0.15, 0.2) is 0 Å². The van der Waals surface area contributed by atoms with Gasteiger partial charge in [-0.3, -0.25) is 4.79 Å². The molecule has 0 spiro atoms. The number of hydrogen-bond acceptors (Lipinski definition) is 2. The zero-order chi connectivity index (χ0) is 19.4. The van der Waals surface area contributed by atoms with Crippen LogP contribution in [-0.4, -0.2) is 23.5 Å². The van der Waals surface area contributed by atoms with Gasteiger partial charge in [-0.2, -0.15) is 0 Å². The maximum absolute atomic E-state index is 12.4. The minimum absolute atomic E-state index is 0.205. The Bertz CT molecular complexity index is 590. The largest absolute Gasteiger partial charge is 0.350 e. The summed E-state index contributed by atoms with van der Waals surface area (Å²) in [6.07, 6.45) is 0. The van der Waals surface area contributed by atoms with Gasteiger partial charge in [-0.25, -0.2) is 4.79 Å². The summed E-state index contributed by atoms with van der Waals surface area (Å²) in [4.78, 5) is 24.6. The van der Waals surface area contributed by atoms with Crippen LogP contribution in [0.4, 0.5) is 10.5 Å². The minimum atomic E-state index is -0.618. The molecule has 3 N–H and O–H groups in total. The van der Waals surface area contributed by atoms with Crippen molar-refractivity contribution in [2.45, 2.75) is 78.8 Å². The van der Waals surface area contributed by atoms with E-state index in [0.717, 1.165) is 16.8 Å². The third-order valence-electron chi connectivity index (χ3n) is 3.85. The first-order valence-corrected chi connectivity index (χ1v) is 8.94. The molecule has 1 rings (SSSR count). The molecule has 3 amide bonds. The first-order valence-electron chi connectivity index (χ1n) is 8.94. The van der Waals surface area contributed by atoms with E-state index in [0.29, 0.717) is 0 Å². The second-order valence-electron chi connectivity index (χ2n) is 8.18. The van der Waals surface area contributed by atoms with Gasteiger partial charge >= 0.3 is 6.03 Å². The second kappa shape index (κ2) is 8.37. The molecule has 1 aromatic rings. The smallest absolute Gasteiger partial charge is 0.319 e. The number of rotatable bonds is 5. The molecule has 5 heteroatoms. The van der Waals surface area contributed by atoms with E-state index in [-0.39, 0.29) is 29.3 Å². The lowest BCUT2D eigenvalue weighted by molar-refractivity contribution is -0.123. The third kappa shape index (κ3) is 6.40. The second-order valence-corrected chi connectivity index (χ2v) is 8.18. The number of nitrogens with one attached hydrogen (secondary N) is 3. The van der Waals surface area contributed by atoms with Crippen molar-refractivity contribution < 1.29 is 9.59 Å². The molecule has 0 unspecified atom stereocenters. The molecule has 0 fully saturated rings. The Morgan fingerprint density at radius 2 is 1.40 bits per heavy atom. The average Bonchev–Trinajstić information content (AvgIpc) is 2.44. The topological polar surface area (TPSA) is 70.2 Å². The van der Waals surface area contributed by atoms with Gasteiger partial charge in [0, 0.05) is 11.2 Å². The Hall–Kier alpha value is -2.04. The lowest BCUT2D eigenvalue weighted by Gasteiger charge is -2.24. The number of carbonyl (C=O) groups excluding carboxylic acids is 2. The van der Waals surface area contributed by atoms with Gasteiger partial charge in [0.2, 0.25) is 5.91 Å². The fourth-order valence-electron chi connectivity index (χ4n) is 2.59. The Labute approximate surface area is 152 Å². The SMILES string of the molecule is CC(C)c1cccc(C(C)C)c1NC(=O)N[C@@H](C)C(=O)NC(C)(C)C. The Balaban J connectivity index is 2.92. The highest BCUT2D eigenvalue weighted by molar-refractivity contribution is 5.95. The van der Waals surface area contributed by atoms with Crippen LogP contribution < -0.4 is 16.0 Å². The van der Waals surface area contributed by atoms with Crippen LogP contribution >= 0.6 is 0 Å². The summed E-state index contributed by atoms with van der Waals surface area (Å²) < 4.78 is 0. The number of amides is 3. The van der Waals surface area contributed by atoms with Crippen LogP contribution in [0.2, 0.25) is 0 Å². The summed E-state index contributed by atoms with van der Waals surface area (Å²) in [6.45, 7) is 15.8. The van der Waals surface area contributed by atoms with Crippen molar-refractivity contribution in [1.29, 1.82) is 0 Å². The standard InChI is InChI=1S/C20H33N3O2/c1-12(2)15-10-9-11-16(13(3)4)17(15)22-19(25)21-14(5)18(24)23-20(6,7)8/h9-14H,1-8H3,(H,23,24)(H2,21,22,25)/t14-/m0/s1. The molecule has 1 aromatic carbocycles. The monoisotopic (exact) mass is 347 g/mol. The van der Waals surface area contributed by atoms with E-state index in [4.69, 9.17) is 0 Å². The molecule has 0 aliphatic carbocycles. The Kier molecular flexibility index (Phi) is 7.03. The van der Waals surface area contributed by atoms with Crippen LogP contribution in [0.3, 0.4) is 0 Å². The van der Waals surface area contributed by atoms with Crippen molar-refractivity contribution >= 4 is 17.6 Å². The van der Waals surface area contributed by atoms with Crippen LogP contribution in [0.5, 0.6) is 0 Å². The Morgan fingerprint density at radius 3 is 1.80 bits per heavy atom. The number of benzene rings is 1. The highest BCUT2D eigenvalue weighted by atomic mass is 16.2. The van der Waals surface area contributed by atoms with Crippen LogP contribution in [0, 0.1) is 0 Å². The minimum Gasteiger partial charge on any atom is -0.350 e. The van der Waals surface area contributed by atoms with Gasteiger partial charge in [-0.15, -0.1) is 0 Å². The molecule has 0 saturated carbocycles.